The summed E-state index contributed by atoms with van der Waals surface area (Å²) in [6.45, 7) is 3.01. The summed E-state index contributed by atoms with van der Waals surface area (Å²) in [5.74, 6) is 1.13. The number of aromatic nitrogens is 1. The zero-order valence-corrected chi connectivity index (χ0v) is 19.4. The highest BCUT2D eigenvalue weighted by atomic mass is 19.1. The van der Waals surface area contributed by atoms with Crippen molar-refractivity contribution in [3.05, 3.63) is 71.3 Å². The van der Waals surface area contributed by atoms with E-state index in [0.29, 0.717) is 24.4 Å². The quantitative estimate of drug-likeness (QED) is 0.612. The number of nitrogens with zero attached hydrogens (tertiary/aromatic N) is 2. The number of amides is 1. The number of hydrogen-bond acceptors (Lipinski definition) is 4. The van der Waals surface area contributed by atoms with Gasteiger partial charge in [0, 0.05) is 29.9 Å². The minimum absolute atomic E-state index is 0.173. The number of ether oxygens (including phenoxy) is 1. The fraction of sp³-hybridized carbons (Fsp3) is 0.393. The van der Waals surface area contributed by atoms with E-state index in [4.69, 9.17) is 4.74 Å². The Bertz CT molecular complexity index is 1140. The van der Waals surface area contributed by atoms with Crippen molar-refractivity contribution < 1.29 is 13.9 Å². The van der Waals surface area contributed by atoms with Crippen LogP contribution in [-0.2, 0) is 4.74 Å². The van der Waals surface area contributed by atoms with E-state index in [1.807, 2.05) is 25.1 Å². The summed E-state index contributed by atoms with van der Waals surface area (Å²) >= 11 is 0. The Morgan fingerprint density at radius 3 is 2.94 bits per heavy atom. The van der Waals surface area contributed by atoms with Crippen LogP contribution in [0.3, 0.4) is 0 Å². The van der Waals surface area contributed by atoms with E-state index in [1.165, 1.54) is 23.3 Å². The summed E-state index contributed by atoms with van der Waals surface area (Å²) in [4.78, 5) is 21.1. The lowest BCUT2D eigenvalue weighted by Gasteiger charge is -2.43. The number of carbonyl (C=O) groups excluding carboxylic acids is 1. The highest BCUT2D eigenvalue weighted by molar-refractivity contribution is 5.84. The molecule has 1 N–H and O–H groups in total. The third kappa shape index (κ3) is 4.81. The van der Waals surface area contributed by atoms with Crippen molar-refractivity contribution in [3.8, 4) is 11.1 Å². The van der Waals surface area contributed by atoms with Crippen LogP contribution in [0.25, 0.3) is 17.2 Å². The molecule has 3 aliphatic rings. The number of allylic oxidation sites excluding steroid dienone is 2. The Kier molecular flexibility index (Phi) is 6.57. The summed E-state index contributed by atoms with van der Waals surface area (Å²) < 4.78 is 18.6. The van der Waals surface area contributed by atoms with Crippen molar-refractivity contribution >= 4 is 18.4 Å². The van der Waals surface area contributed by atoms with E-state index in [0.717, 1.165) is 49.0 Å². The van der Waals surface area contributed by atoms with Gasteiger partial charge in [0.05, 0.1) is 18.8 Å². The summed E-state index contributed by atoms with van der Waals surface area (Å²) in [5, 5.41) is 3.05. The molecule has 5 nitrogen and oxygen atoms in total. The standard InChI is InChI=1S/C28H30FN3O2/c1-2-34-28(33)32-24-9-10-25-20(14-24)12-21-15-30-17-27(21)26(25)11-8-23-7-6-19(16-31-23)18-4-3-5-22(29)13-18/h3-8,11,13,16-17,20,24-26H,2,9-10,12,14-15H2,1H3,(H,32,33)/b11-8+/t20-,24-,25-,26+/m1/s1. The van der Waals surface area contributed by atoms with Crippen molar-refractivity contribution in [2.75, 3.05) is 13.2 Å². The summed E-state index contributed by atoms with van der Waals surface area (Å²) in [6, 6.07) is 10.7. The van der Waals surface area contributed by atoms with Crippen molar-refractivity contribution in [2.45, 2.75) is 38.6 Å². The average molecular weight is 460 g/mol. The van der Waals surface area contributed by atoms with E-state index >= 15 is 0 Å². The van der Waals surface area contributed by atoms with Crippen LogP contribution in [0.2, 0.25) is 0 Å². The normalized spacial score (nSPS) is 25.8. The van der Waals surface area contributed by atoms with Gasteiger partial charge in [0.1, 0.15) is 5.82 Å². The molecule has 1 aromatic carbocycles. The maximum absolute atomic E-state index is 13.5. The first-order chi connectivity index (χ1) is 16.6. The number of nitrogens with one attached hydrogen (secondary N) is 1. The monoisotopic (exact) mass is 459 g/mol. The average Bonchev–Trinajstić information content (AvgIpc) is 3.30. The number of benzene rings is 1. The summed E-state index contributed by atoms with van der Waals surface area (Å²) in [5.41, 5.74) is 5.41. The predicted octanol–water partition coefficient (Wildman–Crippen LogP) is 5.83. The Labute approximate surface area is 199 Å². The fourth-order valence-electron chi connectivity index (χ4n) is 5.74. The second kappa shape index (κ2) is 9.92. The van der Waals surface area contributed by atoms with Crippen molar-refractivity contribution in [1.29, 1.82) is 0 Å². The Morgan fingerprint density at radius 1 is 1.24 bits per heavy atom. The number of aliphatic imine (C=N–C) groups is 1. The van der Waals surface area contributed by atoms with E-state index in [1.54, 1.807) is 12.3 Å². The third-order valence-electron chi connectivity index (χ3n) is 7.31. The largest absolute Gasteiger partial charge is 0.450 e. The first kappa shape index (κ1) is 22.5. The number of rotatable bonds is 5. The molecule has 2 aliphatic carbocycles. The van der Waals surface area contributed by atoms with Gasteiger partial charge in [-0.1, -0.05) is 24.3 Å². The van der Waals surface area contributed by atoms with Gasteiger partial charge >= 0.3 is 6.09 Å². The molecule has 5 rings (SSSR count). The molecule has 1 fully saturated rings. The lowest BCUT2D eigenvalue weighted by molar-refractivity contribution is 0.126. The molecule has 6 heteroatoms. The van der Waals surface area contributed by atoms with E-state index in [-0.39, 0.29) is 18.0 Å². The molecule has 0 saturated heterocycles. The molecule has 2 heterocycles. The second-order valence-corrected chi connectivity index (χ2v) is 9.40. The van der Waals surface area contributed by atoms with Gasteiger partial charge in [-0.25, -0.2) is 9.18 Å². The van der Waals surface area contributed by atoms with Gasteiger partial charge in [-0.15, -0.1) is 0 Å². The molecule has 4 atom stereocenters. The molecule has 2 aromatic rings. The van der Waals surface area contributed by atoms with Crippen molar-refractivity contribution in [3.63, 3.8) is 0 Å². The van der Waals surface area contributed by atoms with Gasteiger partial charge in [0.25, 0.3) is 0 Å². The number of alkyl carbamates (subject to hydrolysis) is 1. The Balaban J connectivity index is 1.31. The molecule has 34 heavy (non-hydrogen) atoms. The Morgan fingerprint density at radius 2 is 2.15 bits per heavy atom. The summed E-state index contributed by atoms with van der Waals surface area (Å²) in [7, 11) is 0. The van der Waals surface area contributed by atoms with Crippen LogP contribution in [0, 0.1) is 23.6 Å². The highest BCUT2D eigenvalue weighted by Gasteiger charge is 2.41. The van der Waals surface area contributed by atoms with Gasteiger partial charge in [-0.3, -0.25) is 9.98 Å². The molecular formula is C28H30FN3O2. The van der Waals surface area contributed by atoms with Crippen LogP contribution >= 0.6 is 0 Å². The predicted molar refractivity (Wildman–Crippen MR) is 132 cm³/mol. The minimum atomic E-state index is -0.310. The molecule has 0 bridgehead atoms. The van der Waals surface area contributed by atoms with E-state index < -0.39 is 0 Å². The number of pyridine rings is 1. The molecule has 1 aliphatic heterocycles. The first-order valence-electron chi connectivity index (χ1n) is 12.2. The maximum atomic E-state index is 13.5. The number of hydrogen-bond donors (Lipinski definition) is 1. The molecule has 0 radical (unpaired) electrons. The van der Waals surface area contributed by atoms with Gasteiger partial charge < -0.3 is 10.1 Å². The highest BCUT2D eigenvalue weighted by Crippen LogP contribution is 2.47. The van der Waals surface area contributed by atoms with Crippen LogP contribution < -0.4 is 5.32 Å². The van der Waals surface area contributed by atoms with Crippen molar-refractivity contribution in [2.24, 2.45) is 22.7 Å². The molecule has 1 saturated carbocycles. The molecule has 1 aromatic heterocycles. The van der Waals surface area contributed by atoms with Crippen LogP contribution in [0.5, 0.6) is 0 Å². The van der Waals surface area contributed by atoms with Crippen LogP contribution in [0.4, 0.5) is 9.18 Å². The Hall–Kier alpha value is -3.28. The zero-order chi connectivity index (χ0) is 23.5. The van der Waals surface area contributed by atoms with Gasteiger partial charge in [-0.2, -0.15) is 0 Å². The first-order valence-corrected chi connectivity index (χ1v) is 12.2. The van der Waals surface area contributed by atoms with E-state index in [2.05, 4.69) is 33.7 Å². The maximum Gasteiger partial charge on any atom is 0.407 e. The smallest absolute Gasteiger partial charge is 0.407 e. The third-order valence-corrected chi connectivity index (χ3v) is 7.31. The van der Waals surface area contributed by atoms with Gasteiger partial charge in [-0.05, 0) is 85.4 Å². The molecule has 0 unspecified atom stereocenters. The fourth-order valence-corrected chi connectivity index (χ4v) is 5.74. The lowest BCUT2D eigenvalue weighted by Crippen LogP contribution is -2.44. The molecular weight excluding hydrogens is 429 g/mol. The van der Waals surface area contributed by atoms with Gasteiger partial charge in [0.15, 0.2) is 0 Å². The summed E-state index contributed by atoms with van der Waals surface area (Å²) in [6.07, 6.45) is 12.0. The van der Waals surface area contributed by atoms with Crippen LogP contribution in [0.1, 0.15) is 38.3 Å². The van der Waals surface area contributed by atoms with Crippen molar-refractivity contribution in [1.82, 2.24) is 10.3 Å². The number of halogens is 1. The number of fused-ring (bicyclic) bond motifs is 1. The molecule has 176 valence electrons. The molecule has 0 spiro atoms. The van der Waals surface area contributed by atoms with E-state index in [9.17, 15) is 9.18 Å². The SMILES string of the molecule is CCOC(=O)N[C@@H]1CC[C@@H]2[C@H](CC3=C(C=NC3)[C@H]2/C=C/c2ccc(-c3cccc(F)c3)cn2)C1. The lowest BCUT2D eigenvalue weighted by atomic mass is 9.63. The topological polar surface area (TPSA) is 63.6 Å². The van der Waals surface area contributed by atoms with Crippen LogP contribution in [0.15, 0.2) is 64.8 Å². The van der Waals surface area contributed by atoms with Gasteiger partial charge in [0.2, 0.25) is 0 Å². The molecule has 1 amide bonds. The zero-order valence-electron chi connectivity index (χ0n) is 19.4. The van der Waals surface area contributed by atoms with Crippen LogP contribution in [-0.4, -0.2) is 36.5 Å². The minimum Gasteiger partial charge on any atom is -0.450 e. The second-order valence-electron chi connectivity index (χ2n) is 9.40. The number of carbonyl (C=O) groups is 1.